The number of aliphatic hydroxyl groups is 1. The molecule has 5 atom stereocenters. The third-order valence-electron chi connectivity index (χ3n) is 4.77. The van der Waals surface area contributed by atoms with Gasteiger partial charge in [0.2, 0.25) is 0 Å². The number of ether oxygens (including phenoxy) is 3. The number of aliphatic hydroxyl groups excluding tert-OH is 1. The Morgan fingerprint density at radius 2 is 1.68 bits per heavy atom. The van der Waals surface area contributed by atoms with E-state index in [1.807, 2.05) is 60.7 Å². The van der Waals surface area contributed by atoms with Gasteiger partial charge in [-0.2, -0.15) is 0 Å². The quantitative estimate of drug-likeness (QED) is 0.840. The fourth-order valence-corrected chi connectivity index (χ4v) is 3.41. The van der Waals surface area contributed by atoms with Gasteiger partial charge < -0.3 is 24.6 Å². The van der Waals surface area contributed by atoms with Crippen LogP contribution in [0.25, 0.3) is 0 Å². The molecule has 0 spiro atoms. The van der Waals surface area contributed by atoms with Crippen molar-refractivity contribution in [3.63, 3.8) is 0 Å². The lowest BCUT2D eigenvalue weighted by Crippen LogP contribution is -2.60. The van der Waals surface area contributed by atoms with Gasteiger partial charge >= 0.3 is 0 Å². The minimum Gasteiger partial charge on any atom is -0.388 e. The van der Waals surface area contributed by atoms with Crippen molar-refractivity contribution >= 4 is 0 Å². The van der Waals surface area contributed by atoms with Crippen LogP contribution in [0.4, 0.5) is 0 Å². The van der Waals surface area contributed by atoms with Crippen molar-refractivity contribution in [2.24, 2.45) is 0 Å². The summed E-state index contributed by atoms with van der Waals surface area (Å²) in [4.78, 5) is 0. The molecule has 0 amide bonds. The van der Waals surface area contributed by atoms with Crippen molar-refractivity contribution in [1.29, 1.82) is 0 Å². The molecule has 2 N–H and O–H groups in total. The maximum Gasteiger partial charge on any atom is 0.176 e. The second-order valence-corrected chi connectivity index (χ2v) is 6.52. The SMILES string of the molecule is O[C@@H]1[C@@H](NCc2ccccc2)[C@@H]2OC[C@@H](O2)[C@H]1OCc1ccccc1. The number of fused-ring (bicyclic) bond motifs is 2. The highest BCUT2D eigenvalue weighted by Gasteiger charge is 2.50. The average Bonchev–Trinajstić information content (AvgIpc) is 3.09. The van der Waals surface area contributed by atoms with Crippen LogP contribution in [0.15, 0.2) is 60.7 Å². The molecule has 0 aliphatic carbocycles. The van der Waals surface area contributed by atoms with Gasteiger partial charge in [-0.3, -0.25) is 0 Å². The van der Waals surface area contributed by atoms with Crippen molar-refractivity contribution < 1.29 is 19.3 Å². The summed E-state index contributed by atoms with van der Waals surface area (Å²) >= 11 is 0. The molecule has 2 heterocycles. The molecule has 5 heteroatoms. The second kappa shape index (κ2) is 7.64. The van der Waals surface area contributed by atoms with Crippen LogP contribution >= 0.6 is 0 Å². The molecule has 132 valence electrons. The molecule has 2 aromatic carbocycles. The van der Waals surface area contributed by atoms with Crippen LogP contribution in [-0.2, 0) is 27.4 Å². The van der Waals surface area contributed by atoms with E-state index in [1.165, 1.54) is 0 Å². The summed E-state index contributed by atoms with van der Waals surface area (Å²) in [5, 5.41) is 14.2. The van der Waals surface area contributed by atoms with Gasteiger partial charge in [0.1, 0.15) is 18.3 Å². The Labute approximate surface area is 147 Å². The van der Waals surface area contributed by atoms with Crippen molar-refractivity contribution in [3.8, 4) is 0 Å². The molecular weight excluding hydrogens is 318 g/mol. The van der Waals surface area contributed by atoms with Crippen molar-refractivity contribution in [1.82, 2.24) is 5.32 Å². The van der Waals surface area contributed by atoms with Gasteiger partial charge in [-0.25, -0.2) is 0 Å². The number of hydrogen-bond donors (Lipinski definition) is 2. The predicted molar refractivity (Wildman–Crippen MR) is 92.7 cm³/mol. The van der Waals surface area contributed by atoms with Gasteiger partial charge in [-0.15, -0.1) is 0 Å². The van der Waals surface area contributed by atoms with Crippen LogP contribution in [0, 0.1) is 0 Å². The number of nitrogens with one attached hydrogen (secondary N) is 1. The maximum absolute atomic E-state index is 10.8. The van der Waals surface area contributed by atoms with E-state index in [9.17, 15) is 5.11 Å². The lowest BCUT2D eigenvalue weighted by atomic mass is 9.98. The average molecular weight is 341 g/mol. The van der Waals surface area contributed by atoms with Gasteiger partial charge in [0.05, 0.1) is 19.3 Å². The maximum atomic E-state index is 10.8. The van der Waals surface area contributed by atoms with Crippen LogP contribution in [0.1, 0.15) is 11.1 Å². The van der Waals surface area contributed by atoms with Crippen molar-refractivity contribution in [2.75, 3.05) is 6.61 Å². The van der Waals surface area contributed by atoms with Crippen LogP contribution < -0.4 is 5.32 Å². The van der Waals surface area contributed by atoms with Gasteiger partial charge in [-0.05, 0) is 11.1 Å². The lowest BCUT2D eigenvalue weighted by Gasteiger charge is -2.38. The third-order valence-corrected chi connectivity index (χ3v) is 4.77. The molecule has 0 aromatic heterocycles. The standard InChI is InChI=1S/C20H23NO4/c22-18-17(21-11-14-7-3-1-4-8-14)20-24-13-16(25-20)19(18)23-12-15-9-5-2-6-10-15/h1-10,16-22H,11-13H2/t16-,17-,18-,19-,20-/m1/s1. The summed E-state index contributed by atoms with van der Waals surface area (Å²) in [5.41, 5.74) is 2.22. The highest BCUT2D eigenvalue weighted by molar-refractivity contribution is 5.15. The van der Waals surface area contributed by atoms with E-state index in [0.29, 0.717) is 19.8 Å². The normalized spacial score (nSPS) is 31.2. The van der Waals surface area contributed by atoms with Crippen LogP contribution in [0.2, 0.25) is 0 Å². The molecule has 25 heavy (non-hydrogen) atoms. The Morgan fingerprint density at radius 1 is 1.00 bits per heavy atom. The van der Waals surface area contributed by atoms with Crippen LogP contribution in [0.3, 0.4) is 0 Å². The Balaban J connectivity index is 1.40. The minimum atomic E-state index is -0.682. The van der Waals surface area contributed by atoms with E-state index in [2.05, 4.69) is 5.32 Å². The first-order chi connectivity index (χ1) is 12.3. The van der Waals surface area contributed by atoms with Gasteiger partial charge in [0.25, 0.3) is 0 Å². The molecule has 2 saturated heterocycles. The first-order valence-electron chi connectivity index (χ1n) is 8.69. The summed E-state index contributed by atoms with van der Waals surface area (Å²) in [6.07, 6.45) is -1.75. The molecule has 5 nitrogen and oxygen atoms in total. The van der Waals surface area contributed by atoms with E-state index in [0.717, 1.165) is 11.1 Å². The summed E-state index contributed by atoms with van der Waals surface area (Å²) in [5.74, 6) is 0. The van der Waals surface area contributed by atoms with Crippen LogP contribution in [-0.4, -0.2) is 42.4 Å². The molecule has 0 radical (unpaired) electrons. The largest absolute Gasteiger partial charge is 0.388 e. The van der Waals surface area contributed by atoms with E-state index < -0.39 is 18.5 Å². The zero-order chi connectivity index (χ0) is 17.1. The van der Waals surface area contributed by atoms with E-state index in [1.54, 1.807) is 0 Å². The molecular formula is C20H23NO4. The summed E-state index contributed by atoms with van der Waals surface area (Å²) in [7, 11) is 0. The van der Waals surface area contributed by atoms with E-state index >= 15 is 0 Å². The Morgan fingerprint density at radius 3 is 2.40 bits per heavy atom. The topological polar surface area (TPSA) is 60.0 Å². The van der Waals surface area contributed by atoms with Crippen molar-refractivity contribution in [3.05, 3.63) is 71.8 Å². The monoisotopic (exact) mass is 341 g/mol. The molecule has 2 bridgehead atoms. The minimum absolute atomic E-state index is 0.224. The first-order valence-corrected chi connectivity index (χ1v) is 8.69. The van der Waals surface area contributed by atoms with Gasteiger partial charge in [-0.1, -0.05) is 60.7 Å². The molecule has 4 rings (SSSR count). The molecule has 0 unspecified atom stereocenters. The molecule has 0 saturated carbocycles. The Kier molecular flexibility index (Phi) is 5.10. The fourth-order valence-electron chi connectivity index (χ4n) is 3.41. The molecule has 2 aliphatic rings. The molecule has 2 aliphatic heterocycles. The first kappa shape index (κ1) is 16.7. The Bertz CT molecular complexity index is 608. The van der Waals surface area contributed by atoms with Crippen molar-refractivity contribution in [2.45, 2.75) is 43.8 Å². The lowest BCUT2D eigenvalue weighted by molar-refractivity contribution is -0.202. The van der Waals surface area contributed by atoms with E-state index in [-0.39, 0.29) is 12.1 Å². The van der Waals surface area contributed by atoms with Gasteiger partial charge in [0.15, 0.2) is 6.29 Å². The number of rotatable bonds is 6. The smallest absolute Gasteiger partial charge is 0.176 e. The predicted octanol–water partition coefficient (Wildman–Crippen LogP) is 1.85. The summed E-state index contributed by atoms with van der Waals surface area (Å²) in [6.45, 7) is 1.53. The summed E-state index contributed by atoms with van der Waals surface area (Å²) in [6, 6.07) is 19.7. The Hall–Kier alpha value is -1.76. The number of benzene rings is 2. The highest BCUT2D eigenvalue weighted by atomic mass is 16.7. The third kappa shape index (κ3) is 3.76. The zero-order valence-corrected chi connectivity index (χ0v) is 14.0. The fraction of sp³-hybridized carbons (Fsp3) is 0.400. The zero-order valence-electron chi connectivity index (χ0n) is 14.0. The number of hydrogen-bond acceptors (Lipinski definition) is 5. The summed E-state index contributed by atoms with van der Waals surface area (Å²) < 4.78 is 17.6. The van der Waals surface area contributed by atoms with Crippen LogP contribution in [0.5, 0.6) is 0 Å². The molecule has 2 aromatic rings. The van der Waals surface area contributed by atoms with Gasteiger partial charge in [0, 0.05) is 6.54 Å². The molecule has 2 fully saturated rings. The second-order valence-electron chi connectivity index (χ2n) is 6.52. The van der Waals surface area contributed by atoms with E-state index in [4.69, 9.17) is 14.2 Å². The highest BCUT2D eigenvalue weighted by Crippen LogP contribution is 2.30.